The van der Waals surface area contributed by atoms with E-state index in [1.807, 2.05) is 0 Å². The van der Waals surface area contributed by atoms with E-state index in [-0.39, 0.29) is 16.8 Å². The van der Waals surface area contributed by atoms with Crippen molar-refractivity contribution in [1.82, 2.24) is 20.5 Å². The molecule has 8 nitrogen and oxygen atoms in total. The van der Waals surface area contributed by atoms with E-state index in [1.54, 1.807) is 6.92 Å². The lowest BCUT2D eigenvalue weighted by Gasteiger charge is -2.05. The van der Waals surface area contributed by atoms with Gasteiger partial charge in [0.05, 0.1) is 4.90 Å². The van der Waals surface area contributed by atoms with Gasteiger partial charge in [0.25, 0.3) is 21.9 Å². The lowest BCUT2D eigenvalue weighted by Crippen LogP contribution is -2.18. The average molecular weight is 295 g/mol. The van der Waals surface area contributed by atoms with Crippen LogP contribution >= 0.6 is 0 Å². The molecular formula is C11H13N5O3S. The Morgan fingerprint density at radius 1 is 1.25 bits per heavy atom. The van der Waals surface area contributed by atoms with Crippen molar-refractivity contribution in [2.24, 2.45) is 0 Å². The number of hydrogen-bond acceptors (Lipinski definition) is 5. The van der Waals surface area contributed by atoms with Crippen LogP contribution in [0.5, 0.6) is 0 Å². The van der Waals surface area contributed by atoms with E-state index in [2.05, 4.69) is 25.2 Å². The predicted octanol–water partition coefficient (Wildman–Crippen LogP) is 0.274. The summed E-state index contributed by atoms with van der Waals surface area (Å²) in [5, 5.41) is 8.68. The van der Waals surface area contributed by atoms with E-state index in [9.17, 15) is 13.2 Å². The molecule has 2 aromatic rings. The quantitative estimate of drug-likeness (QED) is 0.748. The molecule has 0 bridgehead atoms. The summed E-state index contributed by atoms with van der Waals surface area (Å²) >= 11 is 0. The fourth-order valence-electron chi connectivity index (χ4n) is 1.50. The molecule has 0 spiro atoms. The van der Waals surface area contributed by atoms with Crippen molar-refractivity contribution in [2.45, 2.75) is 11.8 Å². The smallest absolute Gasteiger partial charge is 0.264 e. The number of hydrogen-bond donors (Lipinski definition) is 3. The molecule has 0 radical (unpaired) electrons. The second kappa shape index (κ2) is 5.29. The van der Waals surface area contributed by atoms with Gasteiger partial charge in [-0.25, -0.2) is 13.1 Å². The van der Waals surface area contributed by atoms with Crippen LogP contribution in [0.4, 0.5) is 5.95 Å². The minimum atomic E-state index is -3.78. The molecule has 0 atom stereocenters. The molecule has 20 heavy (non-hydrogen) atoms. The Labute approximate surface area is 115 Å². The van der Waals surface area contributed by atoms with Crippen molar-refractivity contribution in [3.05, 3.63) is 35.7 Å². The molecule has 1 aromatic heterocycles. The lowest BCUT2D eigenvalue weighted by atomic mass is 10.2. The number of benzene rings is 1. The highest BCUT2D eigenvalue weighted by molar-refractivity contribution is 7.92. The number of carbonyl (C=O) groups excluding carboxylic acids is 1. The molecule has 1 aromatic carbocycles. The Morgan fingerprint density at radius 3 is 2.40 bits per heavy atom. The van der Waals surface area contributed by atoms with Crippen LogP contribution in [0.15, 0.2) is 29.2 Å². The predicted molar refractivity (Wildman–Crippen MR) is 71.8 cm³/mol. The summed E-state index contributed by atoms with van der Waals surface area (Å²) in [5.41, 5.74) is 0.375. The number of aryl methyl sites for hydroxylation is 1. The number of aromatic nitrogens is 3. The number of sulfonamides is 1. The Kier molecular flexibility index (Phi) is 3.70. The van der Waals surface area contributed by atoms with Crippen molar-refractivity contribution in [3.8, 4) is 0 Å². The second-order valence-corrected chi connectivity index (χ2v) is 5.64. The standard InChI is InChI=1S/C11H13N5O3S/c1-7-13-11(15-14-7)16-20(18,19)9-5-3-8(4-6-9)10(17)12-2/h3-6H,1-2H3,(H,12,17)(H2,13,14,15,16). The van der Waals surface area contributed by atoms with Gasteiger partial charge in [0.2, 0.25) is 0 Å². The molecule has 106 valence electrons. The zero-order valence-corrected chi connectivity index (χ0v) is 11.7. The monoisotopic (exact) mass is 295 g/mol. The van der Waals surface area contributed by atoms with Crippen LogP contribution in [-0.2, 0) is 10.0 Å². The van der Waals surface area contributed by atoms with Crippen LogP contribution in [0.25, 0.3) is 0 Å². The lowest BCUT2D eigenvalue weighted by molar-refractivity contribution is 0.0963. The third-order valence-corrected chi connectivity index (χ3v) is 3.82. The summed E-state index contributed by atoms with van der Waals surface area (Å²) in [6, 6.07) is 5.53. The maximum absolute atomic E-state index is 12.1. The van der Waals surface area contributed by atoms with E-state index >= 15 is 0 Å². The maximum Gasteiger partial charge on any atom is 0.264 e. The molecule has 9 heteroatoms. The fraction of sp³-hybridized carbons (Fsp3) is 0.182. The van der Waals surface area contributed by atoms with Crippen LogP contribution in [0, 0.1) is 6.92 Å². The van der Waals surface area contributed by atoms with Crippen molar-refractivity contribution in [2.75, 3.05) is 11.8 Å². The Balaban J connectivity index is 2.23. The first-order chi connectivity index (χ1) is 9.42. The molecule has 2 rings (SSSR count). The van der Waals surface area contributed by atoms with Gasteiger partial charge in [-0.05, 0) is 31.2 Å². The molecule has 0 aliphatic rings. The fourth-order valence-corrected chi connectivity index (χ4v) is 2.44. The second-order valence-electron chi connectivity index (χ2n) is 3.95. The van der Waals surface area contributed by atoms with Gasteiger partial charge in [-0.3, -0.25) is 9.89 Å². The number of carbonyl (C=O) groups is 1. The topological polar surface area (TPSA) is 117 Å². The number of nitrogens with one attached hydrogen (secondary N) is 3. The number of nitrogens with zero attached hydrogens (tertiary/aromatic N) is 2. The minimum absolute atomic E-state index is 0.0209. The molecule has 0 aliphatic heterocycles. The molecule has 0 unspecified atom stereocenters. The molecule has 0 saturated carbocycles. The minimum Gasteiger partial charge on any atom is -0.355 e. The summed E-state index contributed by atoms with van der Waals surface area (Å²) in [7, 11) is -2.28. The molecular weight excluding hydrogens is 282 g/mol. The molecule has 3 N–H and O–H groups in total. The molecule has 1 heterocycles. The van der Waals surface area contributed by atoms with E-state index in [0.29, 0.717) is 11.4 Å². The van der Waals surface area contributed by atoms with Crippen molar-refractivity contribution in [3.63, 3.8) is 0 Å². The van der Waals surface area contributed by atoms with E-state index in [4.69, 9.17) is 0 Å². The maximum atomic E-state index is 12.1. The van der Waals surface area contributed by atoms with Crippen molar-refractivity contribution >= 4 is 21.9 Å². The van der Waals surface area contributed by atoms with Crippen molar-refractivity contribution < 1.29 is 13.2 Å². The third kappa shape index (κ3) is 2.94. The van der Waals surface area contributed by atoms with Gasteiger partial charge in [0.1, 0.15) is 5.82 Å². The number of rotatable bonds is 4. The van der Waals surface area contributed by atoms with Gasteiger partial charge in [0.15, 0.2) is 0 Å². The zero-order chi connectivity index (χ0) is 14.8. The first-order valence-electron chi connectivity index (χ1n) is 5.66. The number of aromatic amines is 1. The van der Waals surface area contributed by atoms with Crippen LogP contribution in [-0.4, -0.2) is 36.6 Å². The Morgan fingerprint density at radius 2 is 1.90 bits per heavy atom. The van der Waals surface area contributed by atoms with Crippen LogP contribution < -0.4 is 10.0 Å². The summed E-state index contributed by atoms with van der Waals surface area (Å²) in [6.07, 6.45) is 0. The van der Waals surface area contributed by atoms with Crippen LogP contribution in [0.3, 0.4) is 0 Å². The van der Waals surface area contributed by atoms with E-state index in [0.717, 1.165) is 0 Å². The van der Waals surface area contributed by atoms with Gasteiger partial charge in [-0.15, -0.1) is 5.10 Å². The van der Waals surface area contributed by atoms with Gasteiger partial charge < -0.3 is 5.32 Å². The third-order valence-electron chi connectivity index (χ3n) is 2.48. The number of anilines is 1. The summed E-state index contributed by atoms with van der Waals surface area (Å²) in [5.74, 6) is 0.182. The molecule has 0 fully saturated rings. The summed E-state index contributed by atoms with van der Waals surface area (Å²) in [6.45, 7) is 1.66. The Hall–Kier alpha value is -2.42. The zero-order valence-electron chi connectivity index (χ0n) is 10.8. The van der Waals surface area contributed by atoms with Crippen LogP contribution in [0.1, 0.15) is 16.2 Å². The highest BCUT2D eigenvalue weighted by Gasteiger charge is 2.16. The summed E-state index contributed by atoms with van der Waals surface area (Å²) < 4.78 is 26.3. The Bertz CT molecular complexity index is 721. The molecule has 0 saturated heterocycles. The van der Waals surface area contributed by atoms with Gasteiger partial charge in [-0.2, -0.15) is 4.98 Å². The van der Waals surface area contributed by atoms with Gasteiger partial charge >= 0.3 is 0 Å². The molecule has 0 aliphatic carbocycles. The van der Waals surface area contributed by atoms with Crippen molar-refractivity contribution in [1.29, 1.82) is 0 Å². The first kappa shape index (κ1) is 14.0. The normalized spacial score (nSPS) is 11.1. The SMILES string of the molecule is CNC(=O)c1ccc(S(=O)(=O)Nc2n[nH]c(C)n2)cc1. The average Bonchev–Trinajstić information content (AvgIpc) is 2.82. The van der Waals surface area contributed by atoms with Gasteiger partial charge in [-0.1, -0.05) is 0 Å². The van der Waals surface area contributed by atoms with E-state index < -0.39 is 10.0 Å². The largest absolute Gasteiger partial charge is 0.355 e. The van der Waals surface area contributed by atoms with E-state index in [1.165, 1.54) is 31.3 Å². The molecule has 1 amide bonds. The highest BCUT2D eigenvalue weighted by Crippen LogP contribution is 2.14. The number of amides is 1. The number of H-pyrrole nitrogens is 1. The summed E-state index contributed by atoms with van der Waals surface area (Å²) in [4.78, 5) is 15.2. The highest BCUT2D eigenvalue weighted by atomic mass is 32.2. The first-order valence-corrected chi connectivity index (χ1v) is 7.14. The van der Waals surface area contributed by atoms with Crippen LogP contribution in [0.2, 0.25) is 0 Å². The van der Waals surface area contributed by atoms with Gasteiger partial charge in [0, 0.05) is 12.6 Å².